The fourth-order valence-corrected chi connectivity index (χ4v) is 4.92. The summed E-state index contributed by atoms with van der Waals surface area (Å²) in [5.41, 5.74) is 3.65. The molecule has 5 rings (SSSR count). The van der Waals surface area contributed by atoms with Crippen LogP contribution < -0.4 is 9.64 Å². The van der Waals surface area contributed by atoms with Crippen molar-refractivity contribution in [2.75, 3.05) is 18.6 Å². The van der Waals surface area contributed by atoms with Crippen LogP contribution >= 0.6 is 0 Å². The van der Waals surface area contributed by atoms with Crippen molar-refractivity contribution in [1.82, 2.24) is 4.98 Å². The Morgan fingerprint density at radius 3 is 2.54 bits per heavy atom. The van der Waals surface area contributed by atoms with Gasteiger partial charge in [0.15, 0.2) is 6.10 Å². The van der Waals surface area contributed by atoms with Crippen LogP contribution in [-0.2, 0) is 20.7 Å². The number of benzene rings is 3. The minimum absolute atomic E-state index is 0.000469. The third-order valence-electron chi connectivity index (χ3n) is 6.86. The zero-order chi connectivity index (χ0) is 25.9. The first-order valence-electron chi connectivity index (χ1n) is 12.3. The second-order valence-corrected chi connectivity index (χ2v) is 9.06. The molecule has 1 aliphatic rings. The number of Topliss-reactive ketones (excluding diaryl/α,β-unsaturated/α-hetero) is 1. The summed E-state index contributed by atoms with van der Waals surface area (Å²) in [7, 11) is 1.54. The molecular weight excluding hydrogens is 468 g/mol. The fraction of sp³-hybridized carbons (Fsp3) is 0.233. The third-order valence-corrected chi connectivity index (χ3v) is 6.86. The predicted octanol–water partition coefficient (Wildman–Crippen LogP) is 5.26. The number of carbonyl (C=O) groups is 3. The van der Waals surface area contributed by atoms with Crippen molar-refractivity contribution in [3.05, 3.63) is 95.7 Å². The Bertz CT molecular complexity index is 1460. The maximum absolute atomic E-state index is 13.8. The number of anilines is 1. The number of methoxy groups -OCH3 is 1. The monoisotopic (exact) mass is 496 g/mol. The quantitative estimate of drug-likeness (QED) is 0.266. The molecule has 1 aliphatic heterocycles. The maximum Gasteiger partial charge on any atom is 0.312 e. The second kappa shape index (κ2) is 10.3. The average molecular weight is 497 g/mol. The third kappa shape index (κ3) is 4.60. The van der Waals surface area contributed by atoms with E-state index in [9.17, 15) is 14.4 Å². The van der Waals surface area contributed by atoms with Gasteiger partial charge >= 0.3 is 5.97 Å². The van der Waals surface area contributed by atoms with E-state index in [-0.39, 0.29) is 24.7 Å². The van der Waals surface area contributed by atoms with E-state index in [1.807, 2.05) is 36.4 Å². The number of aromatic nitrogens is 1. The highest BCUT2D eigenvalue weighted by molar-refractivity contribution is 6.11. The minimum Gasteiger partial charge on any atom is -0.495 e. The number of nitrogens with zero attached hydrogens (tertiary/aromatic N) is 1. The number of amides is 1. The lowest BCUT2D eigenvalue weighted by Gasteiger charge is -2.21. The number of aryl methyl sites for hydroxylation is 1. The van der Waals surface area contributed by atoms with Gasteiger partial charge in [-0.15, -0.1) is 0 Å². The molecule has 0 aliphatic carbocycles. The number of carbonyl (C=O) groups excluding carboxylic acids is 3. The Morgan fingerprint density at radius 1 is 1.03 bits per heavy atom. The summed E-state index contributed by atoms with van der Waals surface area (Å²) in [5, 5.41) is 0.791. The molecule has 0 bridgehead atoms. The molecule has 4 aromatic rings. The number of H-pyrrole nitrogens is 1. The first-order valence-corrected chi connectivity index (χ1v) is 12.3. The van der Waals surface area contributed by atoms with Crippen molar-refractivity contribution in [2.24, 2.45) is 5.92 Å². The normalized spacial score (nSPS) is 16.1. The molecule has 0 radical (unpaired) electrons. The van der Waals surface area contributed by atoms with Crippen LogP contribution in [0.1, 0.15) is 40.9 Å². The Hall–Kier alpha value is -4.39. The number of ether oxygens (including phenoxy) is 2. The standard InChI is InChI=1S/C30H28N2O5/c1-3-19-12-9-13-22-23(17-31-27(19)22)28(34)29(20-10-5-4-6-11-20)37-30(35)21-16-26(33)32(18-21)24-14-7-8-15-25(24)36-2/h4-15,17,21,29,31H,3,16,18H2,1-2H3. The van der Waals surface area contributed by atoms with Crippen LogP contribution in [0, 0.1) is 5.92 Å². The van der Waals surface area contributed by atoms with Crippen LogP contribution in [0.3, 0.4) is 0 Å². The lowest BCUT2D eigenvalue weighted by molar-refractivity contribution is -0.152. The molecule has 1 aromatic heterocycles. The molecule has 37 heavy (non-hydrogen) atoms. The summed E-state index contributed by atoms with van der Waals surface area (Å²) in [5.74, 6) is -1.25. The largest absolute Gasteiger partial charge is 0.495 e. The van der Waals surface area contributed by atoms with Crippen LogP contribution in [0.5, 0.6) is 5.75 Å². The van der Waals surface area contributed by atoms with E-state index in [0.29, 0.717) is 22.6 Å². The van der Waals surface area contributed by atoms with Crippen LogP contribution in [0.15, 0.2) is 79.0 Å². The molecule has 7 nitrogen and oxygen atoms in total. The van der Waals surface area contributed by atoms with Crippen molar-refractivity contribution in [3.63, 3.8) is 0 Å². The molecule has 188 valence electrons. The summed E-state index contributed by atoms with van der Waals surface area (Å²) >= 11 is 0. The first kappa shape index (κ1) is 24.3. The fourth-order valence-electron chi connectivity index (χ4n) is 4.92. The van der Waals surface area contributed by atoms with Crippen molar-refractivity contribution in [2.45, 2.75) is 25.9 Å². The number of rotatable bonds is 8. The highest BCUT2D eigenvalue weighted by Gasteiger charge is 2.39. The maximum atomic E-state index is 13.8. The van der Waals surface area contributed by atoms with Gasteiger partial charge in [0.1, 0.15) is 5.75 Å². The summed E-state index contributed by atoms with van der Waals surface area (Å²) in [6.07, 6.45) is 1.37. The number of esters is 1. The SMILES string of the molecule is CCc1cccc2c(C(=O)C(OC(=O)C3CC(=O)N(c4ccccc4OC)C3)c3ccccc3)c[nH]c12. The van der Waals surface area contributed by atoms with Crippen molar-refractivity contribution < 1.29 is 23.9 Å². The van der Waals surface area contributed by atoms with Gasteiger partial charge in [-0.05, 0) is 24.1 Å². The highest BCUT2D eigenvalue weighted by Crippen LogP contribution is 2.35. The van der Waals surface area contributed by atoms with Gasteiger partial charge in [0.25, 0.3) is 0 Å². The Balaban J connectivity index is 1.42. The van der Waals surface area contributed by atoms with Gasteiger partial charge in [-0.3, -0.25) is 14.4 Å². The second-order valence-electron chi connectivity index (χ2n) is 9.06. The van der Waals surface area contributed by atoms with E-state index in [1.54, 1.807) is 42.6 Å². The molecule has 2 heterocycles. The summed E-state index contributed by atoms with van der Waals surface area (Å²) in [6, 6.07) is 22.0. The summed E-state index contributed by atoms with van der Waals surface area (Å²) < 4.78 is 11.3. The number of ketones is 1. The van der Waals surface area contributed by atoms with Gasteiger partial charge in [-0.2, -0.15) is 0 Å². The first-order chi connectivity index (χ1) is 18.0. The van der Waals surface area contributed by atoms with Crippen molar-refractivity contribution in [1.29, 1.82) is 0 Å². The van der Waals surface area contributed by atoms with Crippen LogP contribution in [0.2, 0.25) is 0 Å². The van der Waals surface area contributed by atoms with E-state index >= 15 is 0 Å². The van der Waals surface area contributed by atoms with Gasteiger partial charge in [0.2, 0.25) is 11.7 Å². The highest BCUT2D eigenvalue weighted by atomic mass is 16.5. The molecular formula is C30H28N2O5. The van der Waals surface area contributed by atoms with Gasteiger partial charge in [0.05, 0.1) is 18.7 Å². The van der Waals surface area contributed by atoms with Crippen LogP contribution in [0.4, 0.5) is 5.69 Å². The zero-order valence-electron chi connectivity index (χ0n) is 20.8. The van der Waals surface area contributed by atoms with E-state index in [4.69, 9.17) is 9.47 Å². The molecule has 1 amide bonds. The Labute approximate surface area is 215 Å². The predicted molar refractivity (Wildman–Crippen MR) is 141 cm³/mol. The molecule has 1 N–H and O–H groups in total. The van der Waals surface area contributed by atoms with E-state index in [2.05, 4.69) is 11.9 Å². The molecule has 3 aromatic carbocycles. The summed E-state index contributed by atoms with van der Waals surface area (Å²) in [6.45, 7) is 2.21. The number of nitrogens with one attached hydrogen (secondary N) is 1. The van der Waals surface area contributed by atoms with Gasteiger partial charge < -0.3 is 19.4 Å². The number of hydrogen-bond donors (Lipinski definition) is 1. The molecule has 1 saturated heterocycles. The molecule has 7 heteroatoms. The molecule has 2 atom stereocenters. The van der Waals surface area contributed by atoms with E-state index < -0.39 is 18.0 Å². The van der Waals surface area contributed by atoms with Crippen LogP contribution in [0.25, 0.3) is 10.9 Å². The molecule has 0 spiro atoms. The number of hydrogen-bond acceptors (Lipinski definition) is 5. The van der Waals surface area contributed by atoms with Gasteiger partial charge in [-0.25, -0.2) is 0 Å². The van der Waals surface area contributed by atoms with Crippen LogP contribution in [-0.4, -0.2) is 36.3 Å². The topological polar surface area (TPSA) is 88.7 Å². The zero-order valence-corrected chi connectivity index (χ0v) is 20.8. The molecule has 2 unspecified atom stereocenters. The Kier molecular flexibility index (Phi) is 6.77. The van der Waals surface area contributed by atoms with Crippen molar-refractivity contribution in [3.8, 4) is 5.75 Å². The lowest BCUT2D eigenvalue weighted by Crippen LogP contribution is -2.28. The smallest absolute Gasteiger partial charge is 0.312 e. The summed E-state index contributed by atoms with van der Waals surface area (Å²) in [4.78, 5) is 44.8. The molecule has 0 saturated carbocycles. The molecule has 1 fully saturated rings. The van der Waals surface area contributed by atoms with Gasteiger partial charge in [0, 0.05) is 41.2 Å². The number of aromatic amines is 1. The minimum atomic E-state index is -1.13. The van der Waals surface area contributed by atoms with Crippen molar-refractivity contribution >= 4 is 34.3 Å². The number of fused-ring (bicyclic) bond motifs is 1. The van der Waals surface area contributed by atoms with Gasteiger partial charge in [-0.1, -0.05) is 67.6 Å². The van der Waals surface area contributed by atoms with E-state index in [0.717, 1.165) is 22.9 Å². The number of para-hydroxylation sites is 3. The lowest BCUT2D eigenvalue weighted by atomic mass is 9.98. The average Bonchev–Trinajstić information content (AvgIpc) is 3.55. The van der Waals surface area contributed by atoms with E-state index in [1.165, 1.54) is 12.0 Å². The Morgan fingerprint density at radius 2 is 1.78 bits per heavy atom.